The second kappa shape index (κ2) is 8.13. The Bertz CT molecular complexity index is 1060. The van der Waals surface area contributed by atoms with Gasteiger partial charge >= 0.3 is 0 Å². The Hall–Kier alpha value is -2.64. The van der Waals surface area contributed by atoms with Crippen LogP contribution in [0.4, 0.5) is 0 Å². The van der Waals surface area contributed by atoms with Crippen LogP contribution in [0.25, 0.3) is 16.5 Å². The van der Waals surface area contributed by atoms with Gasteiger partial charge in [0.15, 0.2) is 0 Å². The molecule has 0 atom stereocenters. The first-order chi connectivity index (χ1) is 15.0. The van der Waals surface area contributed by atoms with Gasteiger partial charge in [-0.2, -0.15) is 0 Å². The van der Waals surface area contributed by atoms with E-state index in [0.717, 1.165) is 73.4 Å². The molecule has 1 fully saturated rings. The van der Waals surface area contributed by atoms with Crippen LogP contribution in [0.5, 0.6) is 5.75 Å². The van der Waals surface area contributed by atoms with Gasteiger partial charge in [-0.1, -0.05) is 11.6 Å². The minimum atomic E-state index is -0.127. The molecule has 0 unspecified atom stereocenters. The van der Waals surface area contributed by atoms with Crippen molar-refractivity contribution in [2.45, 2.75) is 32.1 Å². The lowest BCUT2D eigenvalue weighted by molar-refractivity contribution is -0.147. The summed E-state index contributed by atoms with van der Waals surface area (Å²) >= 11 is 0. The Morgan fingerprint density at radius 3 is 2.58 bits per heavy atom. The molecule has 0 saturated carbocycles. The Morgan fingerprint density at radius 1 is 1.03 bits per heavy atom. The van der Waals surface area contributed by atoms with Crippen molar-refractivity contribution in [3.63, 3.8) is 0 Å². The lowest BCUT2D eigenvalue weighted by atomic mass is 9.99. The van der Waals surface area contributed by atoms with E-state index in [2.05, 4.69) is 21.8 Å². The highest BCUT2D eigenvalue weighted by Crippen LogP contribution is 2.42. The van der Waals surface area contributed by atoms with Gasteiger partial charge in [-0.3, -0.25) is 19.4 Å². The van der Waals surface area contributed by atoms with Crippen molar-refractivity contribution in [1.29, 1.82) is 0 Å². The minimum Gasteiger partial charge on any atom is -0.496 e. The van der Waals surface area contributed by atoms with E-state index in [1.54, 1.807) is 7.11 Å². The molecule has 2 amide bonds. The molecule has 2 aliphatic heterocycles. The molecule has 1 saturated heterocycles. The third-order valence-electron chi connectivity index (χ3n) is 6.98. The number of nitrogens with zero attached hydrogens (tertiary/aromatic N) is 3. The molecule has 0 spiro atoms. The number of methoxy groups -OCH3 is 1. The van der Waals surface area contributed by atoms with E-state index >= 15 is 0 Å². The molecule has 3 aliphatic rings. The van der Waals surface area contributed by atoms with E-state index in [1.165, 1.54) is 16.0 Å². The third kappa shape index (κ3) is 3.66. The van der Waals surface area contributed by atoms with Crippen LogP contribution in [0.3, 0.4) is 0 Å². The van der Waals surface area contributed by atoms with Crippen LogP contribution in [0.15, 0.2) is 23.8 Å². The molecule has 7 heteroatoms. The Morgan fingerprint density at radius 2 is 1.81 bits per heavy atom. The maximum atomic E-state index is 13.5. The van der Waals surface area contributed by atoms with Crippen LogP contribution in [0.1, 0.15) is 36.9 Å². The number of piperazine rings is 1. The smallest absolute Gasteiger partial charge is 0.234 e. The summed E-state index contributed by atoms with van der Waals surface area (Å²) < 4.78 is 5.64. The number of allylic oxidation sites excluding steroid dienone is 1. The summed E-state index contributed by atoms with van der Waals surface area (Å²) in [4.78, 5) is 36.3. The highest BCUT2D eigenvalue weighted by molar-refractivity contribution is 6.03. The van der Waals surface area contributed by atoms with E-state index in [9.17, 15) is 9.59 Å². The first kappa shape index (κ1) is 20.3. The Kier molecular flexibility index (Phi) is 5.32. The number of benzene rings is 1. The van der Waals surface area contributed by atoms with Crippen molar-refractivity contribution in [2.24, 2.45) is 0 Å². The van der Waals surface area contributed by atoms with Gasteiger partial charge in [0.2, 0.25) is 11.8 Å². The number of H-pyrrole nitrogens is 1. The monoisotopic (exact) mass is 422 g/mol. The number of imide groups is 1. The van der Waals surface area contributed by atoms with Gasteiger partial charge in [0.05, 0.1) is 20.2 Å². The van der Waals surface area contributed by atoms with Gasteiger partial charge in [-0.25, -0.2) is 0 Å². The molecule has 164 valence electrons. The summed E-state index contributed by atoms with van der Waals surface area (Å²) in [7, 11) is 3.77. The molecular formula is C24H30N4O3. The predicted octanol–water partition coefficient (Wildman–Crippen LogP) is 2.62. The molecule has 7 nitrogen and oxygen atoms in total. The Labute approximate surface area is 182 Å². The molecule has 0 bridgehead atoms. The first-order valence-electron chi connectivity index (χ1n) is 11.2. The molecule has 1 N–H and O–H groups in total. The molecule has 5 rings (SSSR count). The topological polar surface area (TPSA) is 68.9 Å². The van der Waals surface area contributed by atoms with Crippen LogP contribution in [0, 0.1) is 0 Å². The number of ether oxygens (including phenoxy) is 1. The van der Waals surface area contributed by atoms with Gasteiger partial charge in [-0.15, -0.1) is 0 Å². The fraction of sp³-hybridized carbons (Fsp3) is 0.500. The number of likely N-dealkylation sites (N-methyl/N-ethyl adjacent to an activating group) is 1. The summed E-state index contributed by atoms with van der Waals surface area (Å²) in [5.41, 5.74) is 5.36. The zero-order valence-electron chi connectivity index (χ0n) is 18.4. The molecule has 0 radical (unpaired) electrons. The van der Waals surface area contributed by atoms with E-state index in [-0.39, 0.29) is 18.2 Å². The first-order valence-corrected chi connectivity index (χ1v) is 11.2. The maximum Gasteiger partial charge on any atom is 0.234 e. The number of aromatic amines is 1. The van der Waals surface area contributed by atoms with Crippen molar-refractivity contribution in [1.82, 2.24) is 19.7 Å². The summed E-state index contributed by atoms with van der Waals surface area (Å²) in [6.45, 7) is 4.02. The van der Waals surface area contributed by atoms with E-state index in [0.29, 0.717) is 13.1 Å². The lowest BCUT2D eigenvalue weighted by Crippen LogP contribution is -2.51. The minimum absolute atomic E-state index is 0.0697. The second-order valence-corrected chi connectivity index (χ2v) is 8.93. The maximum absolute atomic E-state index is 13.5. The number of hydrogen-bond donors (Lipinski definition) is 1. The molecule has 2 aromatic rings. The van der Waals surface area contributed by atoms with Crippen LogP contribution >= 0.6 is 0 Å². The number of aromatic nitrogens is 1. The van der Waals surface area contributed by atoms with Crippen LogP contribution < -0.4 is 4.74 Å². The summed E-state index contributed by atoms with van der Waals surface area (Å²) in [5.74, 6) is 0.567. The number of nitrogens with one attached hydrogen (secondary N) is 1. The van der Waals surface area contributed by atoms with Crippen molar-refractivity contribution in [3.05, 3.63) is 35.0 Å². The highest BCUT2D eigenvalue weighted by Gasteiger charge is 2.33. The summed E-state index contributed by atoms with van der Waals surface area (Å²) in [6.07, 6.45) is 3.45. The summed E-state index contributed by atoms with van der Waals surface area (Å²) in [6, 6.07) is 5.93. The Balaban J connectivity index is 1.56. The normalized spacial score (nSPS) is 21.2. The largest absolute Gasteiger partial charge is 0.496 e. The molecule has 1 aromatic heterocycles. The van der Waals surface area contributed by atoms with Gasteiger partial charge in [-0.05, 0) is 49.6 Å². The van der Waals surface area contributed by atoms with Gasteiger partial charge in [0, 0.05) is 49.2 Å². The second-order valence-electron chi connectivity index (χ2n) is 8.93. The number of rotatable bonds is 3. The summed E-state index contributed by atoms with van der Waals surface area (Å²) in [5, 5.41) is 0.959. The molecule has 3 heterocycles. The van der Waals surface area contributed by atoms with Gasteiger partial charge < -0.3 is 14.6 Å². The number of carbonyl (C=O) groups excluding carboxylic acids is 2. The lowest BCUT2D eigenvalue weighted by Gasteiger charge is -2.35. The van der Waals surface area contributed by atoms with E-state index in [1.807, 2.05) is 18.2 Å². The zero-order chi connectivity index (χ0) is 21.5. The average Bonchev–Trinajstić information content (AvgIpc) is 3.37. The number of amides is 2. The third-order valence-corrected chi connectivity index (χ3v) is 6.98. The highest BCUT2D eigenvalue weighted by atomic mass is 16.5. The standard InChI is InChI=1S/C24H30N4O3/c1-26-9-11-27(12-10-26)15-28-21(29)13-16-5-3-6-17(16)24-18(14-22(28)30)23-19(25-24)7-4-8-20(23)31-2/h4,7-8,25H,3,5-6,9-15H2,1-2H3. The van der Waals surface area contributed by atoms with Crippen LogP contribution in [0.2, 0.25) is 0 Å². The fourth-order valence-corrected chi connectivity index (χ4v) is 5.20. The van der Waals surface area contributed by atoms with Crippen molar-refractivity contribution >= 4 is 28.3 Å². The van der Waals surface area contributed by atoms with Gasteiger partial charge in [0.25, 0.3) is 0 Å². The predicted molar refractivity (Wildman–Crippen MR) is 120 cm³/mol. The van der Waals surface area contributed by atoms with Gasteiger partial charge in [0.1, 0.15) is 5.75 Å². The van der Waals surface area contributed by atoms with E-state index in [4.69, 9.17) is 4.74 Å². The SMILES string of the molecule is COc1cccc2[nH]c3c(c12)CC(=O)N(CN1CCN(C)CC1)C(=O)CC1=C3CCC1. The van der Waals surface area contributed by atoms with Crippen LogP contribution in [-0.2, 0) is 16.0 Å². The molecule has 1 aromatic carbocycles. The number of fused-ring (bicyclic) bond motifs is 4. The zero-order valence-corrected chi connectivity index (χ0v) is 18.4. The quantitative estimate of drug-likeness (QED) is 0.770. The van der Waals surface area contributed by atoms with E-state index < -0.39 is 0 Å². The number of hydrogen-bond acceptors (Lipinski definition) is 5. The van der Waals surface area contributed by atoms with Crippen molar-refractivity contribution in [3.8, 4) is 5.75 Å². The average molecular weight is 423 g/mol. The molecule has 31 heavy (non-hydrogen) atoms. The molecular weight excluding hydrogens is 392 g/mol. The number of carbonyl (C=O) groups is 2. The fourth-order valence-electron chi connectivity index (χ4n) is 5.20. The van der Waals surface area contributed by atoms with Crippen molar-refractivity contribution in [2.75, 3.05) is 47.0 Å². The van der Waals surface area contributed by atoms with Crippen molar-refractivity contribution < 1.29 is 14.3 Å². The molecule has 1 aliphatic carbocycles. The van der Waals surface area contributed by atoms with Crippen LogP contribution in [-0.4, -0.2) is 78.5 Å².